The third-order valence-electron chi connectivity index (χ3n) is 2.76. The van der Waals surface area contributed by atoms with Crippen LogP contribution in [-0.4, -0.2) is 29.7 Å². The van der Waals surface area contributed by atoms with E-state index in [4.69, 9.17) is 4.74 Å². The number of rotatable bonds is 5. The van der Waals surface area contributed by atoms with E-state index in [2.05, 4.69) is 22.2 Å². The molecule has 0 spiro atoms. The van der Waals surface area contributed by atoms with Crippen LogP contribution >= 0.6 is 0 Å². The van der Waals surface area contributed by atoms with Crippen LogP contribution in [0.5, 0.6) is 0 Å². The molecule has 0 amide bonds. The molecule has 1 aliphatic rings. The van der Waals surface area contributed by atoms with E-state index in [9.17, 15) is 0 Å². The van der Waals surface area contributed by atoms with Crippen molar-refractivity contribution in [1.82, 2.24) is 15.3 Å². The van der Waals surface area contributed by atoms with Gasteiger partial charge in [0.25, 0.3) is 0 Å². The van der Waals surface area contributed by atoms with Crippen molar-refractivity contribution in [2.45, 2.75) is 32.2 Å². The second kappa shape index (κ2) is 5.92. The highest BCUT2D eigenvalue weighted by atomic mass is 16.5. The minimum atomic E-state index is 0.395. The highest BCUT2D eigenvalue weighted by Gasteiger charge is 2.20. The largest absolute Gasteiger partial charge is 0.381 e. The second-order valence-corrected chi connectivity index (χ2v) is 4.14. The van der Waals surface area contributed by atoms with Crippen molar-refractivity contribution in [2.24, 2.45) is 0 Å². The van der Waals surface area contributed by atoms with Crippen molar-refractivity contribution in [3.8, 4) is 0 Å². The molecule has 0 saturated carbocycles. The Morgan fingerprint density at radius 3 is 3.25 bits per heavy atom. The minimum absolute atomic E-state index is 0.395. The summed E-state index contributed by atoms with van der Waals surface area (Å²) in [5, 5.41) is 3.35. The third-order valence-corrected chi connectivity index (χ3v) is 2.76. The molecule has 1 aromatic rings. The molecule has 16 heavy (non-hydrogen) atoms. The molecule has 4 nitrogen and oxygen atoms in total. The summed E-state index contributed by atoms with van der Waals surface area (Å²) in [5.74, 6) is 1.33. The van der Waals surface area contributed by atoms with E-state index in [1.54, 1.807) is 0 Å². The summed E-state index contributed by atoms with van der Waals surface area (Å²) in [6, 6.07) is 1.97. The Morgan fingerprint density at radius 2 is 2.50 bits per heavy atom. The molecule has 4 heteroatoms. The molecule has 88 valence electrons. The second-order valence-electron chi connectivity index (χ2n) is 4.14. The SMILES string of the molecule is CCCNCc1ccnc(C2CCOC2)n1. The molecule has 1 fully saturated rings. The highest BCUT2D eigenvalue weighted by molar-refractivity contribution is 5.06. The molecule has 1 atom stereocenters. The molecule has 1 unspecified atom stereocenters. The standard InChI is InChI=1S/C12H19N3O/c1-2-5-13-8-11-3-6-14-12(15-11)10-4-7-16-9-10/h3,6,10,13H,2,4-5,7-9H2,1H3. The van der Waals surface area contributed by atoms with Crippen LogP contribution in [0.1, 0.15) is 37.2 Å². The summed E-state index contributed by atoms with van der Waals surface area (Å²) < 4.78 is 5.35. The van der Waals surface area contributed by atoms with Gasteiger partial charge in [-0.05, 0) is 25.5 Å². The summed E-state index contributed by atoms with van der Waals surface area (Å²) >= 11 is 0. The maximum absolute atomic E-state index is 5.35. The van der Waals surface area contributed by atoms with Crippen molar-refractivity contribution in [3.05, 3.63) is 23.8 Å². The molecule has 1 aromatic heterocycles. The van der Waals surface area contributed by atoms with Gasteiger partial charge in [0, 0.05) is 25.3 Å². The number of aromatic nitrogens is 2. The smallest absolute Gasteiger partial charge is 0.134 e. The Labute approximate surface area is 96.4 Å². The van der Waals surface area contributed by atoms with Crippen molar-refractivity contribution < 1.29 is 4.74 Å². The monoisotopic (exact) mass is 221 g/mol. The number of ether oxygens (including phenoxy) is 1. The number of hydrogen-bond donors (Lipinski definition) is 1. The lowest BCUT2D eigenvalue weighted by Crippen LogP contribution is -2.16. The molecule has 1 N–H and O–H groups in total. The van der Waals surface area contributed by atoms with Crippen molar-refractivity contribution in [3.63, 3.8) is 0 Å². The Bertz CT molecular complexity index is 324. The zero-order valence-corrected chi connectivity index (χ0v) is 9.78. The fraction of sp³-hybridized carbons (Fsp3) is 0.667. The van der Waals surface area contributed by atoms with Gasteiger partial charge in [0.05, 0.1) is 12.3 Å². The first-order valence-electron chi connectivity index (χ1n) is 6.00. The fourth-order valence-corrected chi connectivity index (χ4v) is 1.84. The number of nitrogens with zero attached hydrogens (tertiary/aromatic N) is 2. The van der Waals surface area contributed by atoms with Gasteiger partial charge in [-0.15, -0.1) is 0 Å². The molecule has 0 aliphatic carbocycles. The van der Waals surface area contributed by atoms with Gasteiger partial charge in [-0.2, -0.15) is 0 Å². The highest BCUT2D eigenvalue weighted by Crippen LogP contribution is 2.21. The van der Waals surface area contributed by atoms with E-state index in [0.717, 1.165) is 50.7 Å². The van der Waals surface area contributed by atoms with Crippen molar-refractivity contribution in [1.29, 1.82) is 0 Å². The van der Waals surface area contributed by atoms with Gasteiger partial charge in [-0.25, -0.2) is 9.97 Å². The van der Waals surface area contributed by atoms with Gasteiger partial charge < -0.3 is 10.1 Å². The molecule has 1 saturated heterocycles. The van der Waals surface area contributed by atoms with Crippen molar-refractivity contribution in [2.75, 3.05) is 19.8 Å². The van der Waals surface area contributed by atoms with Gasteiger partial charge >= 0.3 is 0 Å². The normalized spacial score (nSPS) is 20.2. The van der Waals surface area contributed by atoms with Gasteiger partial charge in [0.2, 0.25) is 0 Å². The van der Waals surface area contributed by atoms with Crippen LogP contribution in [0.2, 0.25) is 0 Å². The summed E-state index contributed by atoms with van der Waals surface area (Å²) in [6.07, 6.45) is 4.05. The predicted molar refractivity (Wildman–Crippen MR) is 62.2 cm³/mol. The Hall–Kier alpha value is -1.00. The maximum Gasteiger partial charge on any atom is 0.134 e. The van der Waals surface area contributed by atoms with Crippen LogP contribution in [0.3, 0.4) is 0 Å². The maximum atomic E-state index is 5.35. The van der Waals surface area contributed by atoms with Crippen molar-refractivity contribution >= 4 is 0 Å². The predicted octanol–water partition coefficient (Wildman–Crippen LogP) is 1.48. The minimum Gasteiger partial charge on any atom is -0.381 e. The van der Waals surface area contributed by atoms with E-state index < -0.39 is 0 Å². The van der Waals surface area contributed by atoms with E-state index in [0.29, 0.717) is 5.92 Å². The van der Waals surface area contributed by atoms with Crippen LogP contribution in [0, 0.1) is 0 Å². The molecule has 0 aromatic carbocycles. The van der Waals surface area contributed by atoms with Gasteiger partial charge in [0.1, 0.15) is 5.82 Å². The Morgan fingerprint density at radius 1 is 1.56 bits per heavy atom. The lowest BCUT2D eigenvalue weighted by molar-refractivity contribution is 0.193. The molecule has 2 rings (SSSR count). The zero-order chi connectivity index (χ0) is 11.2. The fourth-order valence-electron chi connectivity index (χ4n) is 1.84. The van der Waals surface area contributed by atoms with E-state index in [1.165, 1.54) is 0 Å². The van der Waals surface area contributed by atoms with E-state index >= 15 is 0 Å². The Balaban J connectivity index is 1.95. The van der Waals surface area contributed by atoms with Crippen LogP contribution in [-0.2, 0) is 11.3 Å². The Kier molecular flexibility index (Phi) is 4.25. The molecule has 1 aliphatic heterocycles. The van der Waals surface area contributed by atoms with Gasteiger partial charge in [0.15, 0.2) is 0 Å². The van der Waals surface area contributed by atoms with Crippen LogP contribution in [0.4, 0.5) is 0 Å². The molecule has 0 bridgehead atoms. The quantitative estimate of drug-likeness (QED) is 0.765. The lowest BCUT2D eigenvalue weighted by atomic mass is 10.1. The number of nitrogens with one attached hydrogen (secondary N) is 1. The average molecular weight is 221 g/mol. The van der Waals surface area contributed by atoms with Crippen LogP contribution < -0.4 is 5.32 Å². The van der Waals surface area contributed by atoms with E-state index in [1.807, 2.05) is 12.3 Å². The summed E-state index contributed by atoms with van der Waals surface area (Å²) in [7, 11) is 0. The first-order valence-corrected chi connectivity index (χ1v) is 6.00. The lowest BCUT2D eigenvalue weighted by Gasteiger charge is -2.08. The summed E-state index contributed by atoms with van der Waals surface area (Å²) in [6.45, 7) is 5.63. The third kappa shape index (κ3) is 3.00. The molecule has 0 radical (unpaired) electrons. The zero-order valence-electron chi connectivity index (χ0n) is 9.78. The van der Waals surface area contributed by atoms with Gasteiger partial charge in [-0.1, -0.05) is 6.92 Å². The summed E-state index contributed by atoms with van der Waals surface area (Å²) in [4.78, 5) is 8.90. The first-order chi connectivity index (χ1) is 7.90. The number of hydrogen-bond acceptors (Lipinski definition) is 4. The molecule has 2 heterocycles. The average Bonchev–Trinajstić information content (AvgIpc) is 2.83. The summed E-state index contributed by atoms with van der Waals surface area (Å²) in [5.41, 5.74) is 1.07. The first kappa shape index (κ1) is 11.5. The molecular formula is C12H19N3O. The topological polar surface area (TPSA) is 47.0 Å². The van der Waals surface area contributed by atoms with E-state index in [-0.39, 0.29) is 0 Å². The van der Waals surface area contributed by atoms with Crippen LogP contribution in [0.25, 0.3) is 0 Å². The molecular weight excluding hydrogens is 202 g/mol. The van der Waals surface area contributed by atoms with Crippen LogP contribution in [0.15, 0.2) is 12.3 Å². The van der Waals surface area contributed by atoms with Gasteiger partial charge in [-0.3, -0.25) is 0 Å².